The number of alkyl halides is 3. The number of methoxy groups -OCH3 is 2. The van der Waals surface area contributed by atoms with Crippen LogP contribution in [0.3, 0.4) is 0 Å². The molecule has 0 amide bonds. The fourth-order valence-electron chi connectivity index (χ4n) is 5.22. The predicted octanol–water partition coefficient (Wildman–Crippen LogP) is 6.70. The molecule has 1 N–H and O–H groups in total. The fourth-order valence-corrected chi connectivity index (χ4v) is 5.56. The molecule has 1 saturated heterocycles. The zero-order valence-electron chi connectivity index (χ0n) is 21.8. The second-order valence-electron chi connectivity index (χ2n) is 9.24. The van der Waals surface area contributed by atoms with Crippen molar-refractivity contribution in [3.8, 4) is 17.2 Å². The number of nitrogens with one attached hydrogen (secondary N) is 1. The first-order valence-electron chi connectivity index (χ1n) is 12.2. The molecule has 0 unspecified atom stereocenters. The van der Waals surface area contributed by atoms with Crippen LogP contribution in [0, 0.1) is 13.8 Å². The molecule has 3 heterocycles. The molecule has 10 heteroatoms. The quantitative estimate of drug-likeness (QED) is 0.269. The standard InChI is InChI=1S/C29H27F3N4O2S/c1-17-14-22(18(2)35(17)20-9-7-8-19(15-20)29(30,31)32)27-26(23-10-5-6-13-33-23)34-28(39)36(27)24-12-11-21(37-3)16-25(24)38-4/h5-16,26-27H,1-4H3,(H,34,39)/t26-,27-/m0/s1. The molecule has 0 aliphatic carbocycles. The molecule has 2 aromatic heterocycles. The molecule has 1 aliphatic heterocycles. The Hall–Kier alpha value is -4.05. The number of aromatic nitrogens is 2. The van der Waals surface area contributed by atoms with E-state index in [4.69, 9.17) is 21.7 Å². The topological polar surface area (TPSA) is 51.5 Å². The van der Waals surface area contributed by atoms with E-state index < -0.39 is 11.7 Å². The maximum Gasteiger partial charge on any atom is 0.416 e. The molecule has 39 heavy (non-hydrogen) atoms. The molecule has 2 aromatic carbocycles. The van der Waals surface area contributed by atoms with Gasteiger partial charge >= 0.3 is 6.18 Å². The third kappa shape index (κ3) is 4.80. The van der Waals surface area contributed by atoms with Crippen molar-refractivity contribution < 1.29 is 22.6 Å². The summed E-state index contributed by atoms with van der Waals surface area (Å²) in [6.07, 6.45) is -2.72. The van der Waals surface area contributed by atoms with Gasteiger partial charge in [0.05, 0.1) is 43.2 Å². The fraction of sp³-hybridized carbons (Fsp3) is 0.241. The number of anilines is 1. The monoisotopic (exact) mass is 552 g/mol. The first-order valence-corrected chi connectivity index (χ1v) is 12.6. The average molecular weight is 553 g/mol. The van der Waals surface area contributed by atoms with Crippen molar-refractivity contribution in [2.75, 3.05) is 19.1 Å². The Morgan fingerprint density at radius 2 is 1.74 bits per heavy atom. The lowest BCUT2D eigenvalue weighted by Crippen LogP contribution is -2.30. The minimum Gasteiger partial charge on any atom is -0.497 e. The molecule has 2 atom stereocenters. The van der Waals surface area contributed by atoms with Crippen molar-refractivity contribution in [3.05, 3.63) is 101 Å². The van der Waals surface area contributed by atoms with E-state index in [1.54, 1.807) is 32.5 Å². The third-order valence-electron chi connectivity index (χ3n) is 6.97. The van der Waals surface area contributed by atoms with Crippen LogP contribution in [0.15, 0.2) is 72.9 Å². The molecule has 5 rings (SSSR count). The maximum atomic E-state index is 13.5. The van der Waals surface area contributed by atoms with Crippen molar-refractivity contribution in [2.45, 2.75) is 32.1 Å². The van der Waals surface area contributed by atoms with E-state index in [1.165, 1.54) is 12.1 Å². The Bertz CT molecular complexity index is 1520. The van der Waals surface area contributed by atoms with Crippen LogP contribution in [0.1, 0.15) is 40.3 Å². The van der Waals surface area contributed by atoms with Crippen LogP contribution in [-0.2, 0) is 6.18 Å². The van der Waals surface area contributed by atoms with Gasteiger partial charge in [0, 0.05) is 29.3 Å². The molecule has 1 fully saturated rings. The average Bonchev–Trinajstić information content (AvgIpc) is 3.42. The Labute approximate surface area is 230 Å². The van der Waals surface area contributed by atoms with E-state index in [1.807, 2.05) is 59.7 Å². The molecule has 0 saturated carbocycles. The lowest BCUT2D eigenvalue weighted by molar-refractivity contribution is -0.137. The molecule has 0 bridgehead atoms. The zero-order valence-corrected chi connectivity index (χ0v) is 22.6. The van der Waals surface area contributed by atoms with Crippen LogP contribution >= 0.6 is 12.2 Å². The number of pyridine rings is 1. The summed E-state index contributed by atoms with van der Waals surface area (Å²) in [7, 11) is 3.16. The van der Waals surface area contributed by atoms with Gasteiger partial charge in [0.15, 0.2) is 5.11 Å². The van der Waals surface area contributed by atoms with Crippen LogP contribution < -0.4 is 19.7 Å². The van der Waals surface area contributed by atoms with Gasteiger partial charge in [-0.15, -0.1) is 0 Å². The Morgan fingerprint density at radius 3 is 2.41 bits per heavy atom. The van der Waals surface area contributed by atoms with Crippen LogP contribution in [0.5, 0.6) is 11.5 Å². The third-order valence-corrected chi connectivity index (χ3v) is 7.28. The highest BCUT2D eigenvalue weighted by Crippen LogP contribution is 2.47. The number of rotatable bonds is 6. The van der Waals surface area contributed by atoms with Crippen LogP contribution in [-0.4, -0.2) is 28.9 Å². The van der Waals surface area contributed by atoms with E-state index >= 15 is 0 Å². The molecule has 6 nitrogen and oxygen atoms in total. The molecule has 1 aliphatic rings. The predicted molar refractivity (Wildman–Crippen MR) is 148 cm³/mol. The molecule has 0 radical (unpaired) electrons. The molecule has 4 aromatic rings. The second kappa shape index (κ2) is 10.3. The normalized spacial score (nSPS) is 17.3. The van der Waals surface area contributed by atoms with Crippen LogP contribution in [0.2, 0.25) is 0 Å². The number of halogens is 3. The van der Waals surface area contributed by atoms with E-state index in [-0.39, 0.29) is 12.1 Å². The molecular weight excluding hydrogens is 525 g/mol. The first kappa shape index (κ1) is 26.6. The smallest absolute Gasteiger partial charge is 0.416 e. The number of nitrogens with zero attached hydrogens (tertiary/aromatic N) is 3. The summed E-state index contributed by atoms with van der Waals surface area (Å²) >= 11 is 5.85. The number of thiocarbonyl (C=S) groups is 1. The number of hydrogen-bond acceptors (Lipinski definition) is 4. The van der Waals surface area contributed by atoms with Gasteiger partial charge in [-0.1, -0.05) is 12.1 Å². The van der Waals surface area contributed by atoms with Gasteiger partial charge in [-0.25, -0.2) is 0 Å². The van der Waals surface area contributed by atoms with Gasteiger partial charge in [0.1, 0.15) is 11.5 Å². The van der Waals surface area contributed by atoms with Crippen molar-refractivity contribution in [3.63, 3.8) is 0 Å². The van der Waals surface area contributed by atoms with Gasteiger partial charge in [-0.05, 0) is 80.2 Å². The Kier molecular flexibility index (Phi) is 6.98. The van der Waals surface area contributed by atoms with E-state index in [9.17, 15) is 13.2 Å². The Balaban J connectivity index is 1.69. The molecule has 202 valence electrons. The van der Waals surface area contributed by atoms with Gasteiger partial charge in [0.25, 0.3) is 0 Å². The minimum absolute atomic E-state index is 0.332. The first-order chi connectivity index (χ1) is 18.6. The second-order valence-corrected chi connectivity index (χ2v) is 9.63. The van der Waals surface area contributed by atoms with Crippen LogP contribution in [0.4, 0.5) is 18.9 Å². The van der Waals surface area contributed by atoms with Gasteiger partial charge in [0.2, 0.25) is 0 Å². The van der Waals surface area contributed by atoms with Crippen LogP contribution in [0.25, 0.3) is 5.69 Å². The summed E-state index contributed by atoms with van der Waals surface area (Å²) in [5.74, 6) is 1.20. The summed E-state index contributed by atoms with van der Waals surface area (Å²) in [5.41, 5.74) is 3.72. The largest absolute Gasteiger partial charge is 0.497 e. The van der Waals surface area contributed by atoms with Crippen molar-refractivity contribution >= 4 is 23.0 Å². The van der Waals surface area contributed by atoms with Gasteiger partial charge in [-0.2, -0.15) is 13.2 Å². The zero-order chi connectivity index (χ0) is 27.9. The number of aryl methyl sites for hydroxylation is 1. The van der Waals surface area contributed by atoms with E-state index in [0.717, 1.165) is 34.4 Å². The number of benzene rings is 2. The highest BCUT2D eigenvalue weighted by atomic mass is 32.1. The van der Waals surface area contributed by atoms with E-state index in [2.05, 4.69) is 10.3 Å². The number of ether oxygens (including phenoxy) is 2. The molecular formula is C29H27F3N4O2S. The van der Waals surface area contributed by atoms with Gasteiger partial charge in [-0.3, -0.25) is 4.98 Å². The number of hydrogen-bond donors (Lipinski definition) is 1. The highest BCUT2D eigenvalue weighted by Gasteiger charge is 2.43. The maximum absolute atomic E-state index is 13.5. The highest BCUT2D eigenvalue weighted by molar-refractivity contribution is 7.80. The summed E-state index contributed by atoms with van der Waals surface area (Å²) < 4.78 is 53.5. The lowest BCUT2D eigenvalue weighted by atomic mass is 9.96. The summed E-state index contributed by atoms with van der Waals surface area (Å²) in [6, 6.07) is 17.8. The Morgan fingerprint density at radius 1 is 0.949 bits per heavy atom. The van der Waals surface area contributed by atoms with Gasteiger partial charge < -0.3 is 24.3 Å². The summed E-state index contributed by atoms with van der Waals surface area (Å²) in [4.78, 5) is 6.57. The summed E-state index contributed by atoms with van der Waals surface area (Å²) in [6.45, 7) is 3.79. The minimum atomic E-state index is -4.44. The van der Waals surface area contributed by atoms with Crippen molar-refractivity contribution in [1.82, 2.24) is 14.9 Å². The lowest BCUT2D eigenvalue weighted by Gasteiger charge is -2.29. The van der Waals surface area contributed by atoms with Crippen molar-refractivity contribution in [1.29, 1.82) is 0 Å². The summed E-state index contributed by atoms with van der Waals surface area (Å²) in [5, 5.41) is 3.90. The van der Waals surface area contributed by atoms with Crippen molar-refractivity contribution in [2.24, 2.45) is 0 Å². The van der Waals surface area contributed by atoms with E-state index in [0.29, 0.717) is 22.3 Å². The molecule has 0 spiro atoms. The SMILES string of the molecule is COc1ccc(N2C(=S)N[C@@H](c3ccccn3)[C@@H]2c2cc(C)n(-c3cccc(C(F)(F)F)c3)c2C)c(OC)c1.